The third kappa shape index (κ3) is 6.35. The minimum Gasteiger partial charge on any atom is -0.465 e. The molecule has 2 saturated carbocycles. The van der Waals surface area contributed by atoms with Gasteiger partial charge in [-0.25, -0.2) is 9.59 Å². The number of carbonyl (C=O) groups excluding carboxylic acids is 5. The Balaban J connectivity index is 1.78. The third-order valence-electron chi connectivity index (χ3n) is 9.90. The number of hydrogen-bond acceptors (Lipinski definition) is 12. The number of benzene rings is 2. The standard InChI is InChI=1S/C37H42O12/c1-22(38)44-21-36-27(47-28(41)18-17-25-13-9-7-10-14-25)19-20-35(6,43)37(36)31(46-24(3)40)29(34(4,5)49-37)30(45-23(2)39)32(36)48-33(42)26-15-11-8-12-16-26/h7-18,27,29-32,43H,19-21H2,1-6H3/b18-17+/t27-,29-,30+,31-,32-,35-,36+,37+/m1/s1. The van der Waals surface area contributed by atoms with E-state index in [1.807, 2.05) is 6.07 Å². The van der Waals surface area contributed by atoms with Crippen molar-refractivity contribution in [1.82, 2.24) is 0 Å². The van der Waals surface area contributed by atoms with Crippen molar-refractivity contribution >= 4 is 35.9 Å². The van der Waals surface area contributed by atoms with Crippen LogP contribution in [0.3, 0.4) is 0 Å². The van der Waals surface area contributed by atoms with E-state index in [4.69, 9.17) is 28.4 Å². The Morgan fingerprint density at radius 2 is 1.43 bits per heavy atom. The van der Waals surface area contributed by atoms with Crippen molar-refractivity contribution in [1.29, 1.82) is 0 Å². The van der Waals surface area contributed by atoms with Crippen LogP contribution < -0.4 is 0 Å². The lowest BCUT2D eigenvalue weighted by Gasteiger charge is -2.65. The molecule has 1 spiro atoms. The first-order valence-corrected chi connectivity index (χ1v) is 16.2. The van der Waals surface area contributed by atoms with E-state index in [1.54, 1.807) is 62.4 Å². The molecule has 0 aromatic heterocycles. The van der Waals surface area contributed by atoms with Crippen LogP contribution in [-0.2, 0) is 47.6 Å². The zero-order valence-electron chi connectivity index (χ0n) is 28.4. The second-order valence-corrected chi connectivity index (χ2v) is 13.6. The Morgan fingerprint density at radius 3 is 2.02 bits per heavy atom. The van der Waals surface area contributed by atoms with Crippen molar-refractivity contribution in [2.75, 3.05) is 6.61 Å². The van der Waals surface area contributed by atoms with E-state index in [1.165, 1.54) is 39.0 Å². The van der Waals surface area contributed by atoms with Crippen molar-refractivity contribution in [3.63, 3.8) is 0 Å². The molecule has 3 fully saturated rings. The summed E-state index contributed by atoms with van der Waals surface area (Å²) >= 11 is 0. The first kappa shape index (κ1) is 35.7. The molecule has 0 radical (unpaired) electrons. The summed E-state index contributed by atoms with van der Waals surface area (Å²) in [5.74, 6) is -4.88. The molecule has 0 amide bonds. The molecule has 262 valence electrons. The zero-order chi connectivity index (χ0) is 35.8. The van der Waals surface area contributed by atoms with Gasteiger partial charge in [-0.2, -0.15) is 0 Å². The van der Waals surface area contributed by atoms with E-state index in [2.05, 4.69) is 0 Å². The fourth-order valence-electron chi connectivity index (χ4n) is 8.14. The van der Waals surface area contributed by atoms with Crippen LogP contribution in [-0.4, -0.2) is 82.8 Å². The first-order chi connectivity index (χ1) is 23.1. The number of fused-ring (bicyclic) bond motifs is 1. The van der Waals surface area contributed by atoms with Crippen molar-refractivity contribution in [3.05, 3.63) is 77.9 Å². The molecule has 8 atom stereocenters. The summed E-state index contributed by atoms with van der Waals surface area (Å²) < 4.78 is 37.0. The second-order valence-electron chi connectivity index (χ2n) is 13.6. The van der Waals surface area contributed by atoms with Crippen LogP contribution in [0.2, 0.25) is 0 Å². The maximum Gasteiger partial charge on any atom is 0.338 e. The van der Waals surface area contributed by atoms with Crippen LogP contribution in [0.1, 0.15) is 70.3 Å². The zero-order valence-corrected chi connectivity index (χ0v) is 28.4. The maximum atomic E-state index is 13.9. The van der Waals surface area contributed by atoms with Gasteiger partial charge in [0.25, 0.3) is 0 Å². The molecular weight excluding hydrogens is 636 g/mol. The SMILES string of the molecule is CC(=O)OC[C@]12[C@H](OC(=O)c3ccccc3)[C@@H](OC(C)=O)[C@@H]3[C@@H](OC(C)=O)[C@]1(OC3(C)C)[C@](C)(O)CC[C@H]2OC(=O)/C=C/c1ccccc1. The van der Waals surface area contributed by atoms with Crippen molar-refractivity contribution < 1.29 is 57.5 Å². The summed E-state index contributed by atoms with van der Waals surface area (Å²) in [6.07, 6.45) is -2.92. The highest BCUT2D eigenvalue weighted by molar-refractivity contribution is 5.89. The number of esters is 5. The molecule has 1 saturated heterocycles. The van der Waals surface area contributed by atoms with Gasteiger partial charge in [0.1, 0.15) is 30.3 Å². The lowest BCUT2D eigenvalue weighted by Crippen LogP contribution is -2.83. The number of ether oxygens (including phenoxy) is 6. The molecule has 12 nitrogen and oxygen atoms in total. The molecule has 12 heteroatoms. The summed E-state index contributed by atoms with van der Waals surface area (Å²) in [5, 5.41) is 12.5. The highest BCUT2D eigenvalue weighted by atomic mass is 16.6. The maximum absolute atomic E-state index is 13.9. The number of rotatable bonds is 9. The Morgan fingerprint density at radius 1 is 0.816 bits per heavy atom. The van der Waals surface area contributed by atoms with Crippen LogP contribution in [0.15, 0.2) is 66.7 Å². The molecule has 1 heterocycles. The van der Waals surface area contributed by atoms with E-state index in [0.29, 0.717) is 0 Å². The van der Waals surface area contributed by atoms with Gasteiger partial charge >= 0.3 is 29.8 Å². The Kier molecular flexibility index (Phi) is 9.77. The van der Waals surface area contributed by atoms with Crippen LogP contribution in [0.25, 0.3) is 6.08 Å². The Bertz CT molecular complexity index is 1620. The van der Waals surface area contributed by atoms with Gasteiger partial charge in [-0.3, -0.25) is 14.4 Å². The van der Waals surface area contributed by atoms with Gasteiger partial charge < -0.3 is 33.5 Å². The fourth-order valence-corrected chi connectivity index (χ4v) is 8.14. The molecule has 2 aromatic carbocycles. The molecule has 49 heavy (non-hydrogen) atoms. The molecule has 2 aliphatic carbocycles. The van der Waals surface area contributed by atoms with Crippen molar-refractivity contribution in [3.8, 4) is 0 Å². The van der Waals surface area contributed by atoms with Crippen LogP contribution >= 0.6 is 0 Å². The average molecular weight is 679 g/mol. The normalized spacial score (nSPS) is 32.8. The van der Waals surface area contributed by atoms with Gasteiger partial charge in [-0.1, -0.05) is 48.5 Å². The molecule has 2 bridgehead atoms. The van der Waals surface area contributed by atoms with Crippen LogP contribution in [0.5, 0.6) is 0 Å². The predicted molar refractivity (Wildman–Crippen MR) is 172 cm³/mol. The van der Waals surface area contributed by atoms with Gasteiger partial charge in [0, 0.05) is 26.8 Å². The summed E-state index contributed by atoms with van der Waals surface area (Å²) in [5.41, 5.74) is -6.37. The molecule has 5 rings (SSSR count). The smallest absolute Gasteiger partial charge is 0.338 e. The fraction of sp³-hybridized carbons (Fsp3) is 0.486. The number of aliphatic hydroxyl groups is 1. The van der Waals surface area contributed by atoms with E-state index < -0.39 is 89.0 Å². The van der Waals surface area contributed by atoms with Crippen molar-refractivity contribution in [2.45, 2.75) is 95.6 Å². The first-order valence-electron chi connectivity index (χ1n) is 16.2. The quantitative estimate of drug-likeness (QED) is 0.231. The van der Waals surface area contributed by atoms with E-state index in [0.717, 1.165) is 12.5 Å². The topological polar surface area (TPSA) is 161 Å². The van der Waals surface area contributed by atoms with Crippen molar-refractivity contribution in [2.24, 2.45) is 11.3 Å². The molecule has 1 aliphatic heterocycles. The van der Waals surface area contributed by atoms with Crippen LogP contribution in [0, 0.1) is 11.3 Å². The largest absolute Gasteiger partial charge is 0.465 e. The van der Waals surface area contributed by atoms with E-state index in [9.17, 15) is 29.1 Å². The van der Waals surface area contributed by atoms with Gasteiger partial charge in [0.2, 0.25) is 0 Å². The summed E-state index contributed by atoms with van der Waals surface area (Å²) in [4.78, 5) is 65.7. The summed E-state index contributed by atoms with van der Waals surface area (Å²) in [6.45, 7) is 7.70. The molecule has 1 N–H and O–H groups in total. The third-order valence-corrected chi connectivity index (χ3v) is 9.90. The number of hydrogen-bond donors (Lipinski definition) is 1. The molecule has 0 unspecified atom stereocenters. The minimum absolute atomic E-state index is 0.0334. The van der Waals surface area contributed by atoms with E-state index in [-0.39, 0.29) is 18.4 Å². The predicted octanol–water partition coefficient (Wildman–Crippen LogP) is 3.97. The van der Waals surface area contributed by atoms with Gasteiger partial charge in [-0.15, -0.1) is 0 Å². The Hall–Kier alpha value is -4.55. The van der Waals surface area contributed by atoms with E-state index >= 15 is 0 Å². The van der Waals surface area contributed by atoms with Gasteiger partial charge in [-0.05, 0) is 57.4 Å². The second kappa shape index (κ2) is 13.4. The minimum atomic E-state index is -2.04. The summed E-state index contributed by atoms with van der Waals surface area (Å²) in [7, 11) is 0. The monoisotopic (exact) mass is 678 g/mol. The number of carbonyl (C=O) groups is 5. The summed E-state index contributed by atoms with van der Waals surface area (Å²) in [6, 6.07) is 17.1. The lowest BCUT2D eigenvalue weighted by atomic mass is 9.46. The average Bonchev–Trinajstić information content (AvgIpc) is 3.23. The highest BCUT2D eigenvalue weighted by Crippen LogP contribution is 2.69. The molecular formula is C37H42O12. The molecule has 2 aromatic rings. The van der Waals surface area contributed by atoms with Gasteiger partial charge in [0.15, 0.2) is 11.7 Å². The molecule has 3 aliphatic rings. The van der Waals surface area contributed by atoms with Gasteiger partial charge in [0.05, 0.1) is 22.7 Å². The highest BCUT2D eigenvalue weighted by Gasteiger charge is 2.87. The lowest BCUT2D eigenvalue weighted by molar-refractivity contribution is -0.348. The van der Waals surface area contributed by atoms with Crippen LogP contribution in [0.4, 0.5) is 0 Å². The Labute approximate surface area is 284 Å².